The number of halogens is 2. The van der Waals surface area contributed by atoms with E-state index >= 15 is 0 Å². The zero-order valence-corrected chi connectivity index (χ0v) is 6.74. The van der Waals surface area contributed by atoms with Crippen LogP contribution in [0.2, 0.25) is 0 Å². The van der Waals surface area contributed by atoms with Crippen LogP contribution in [0, 0.1) is 0 Å². The van der Waals surface area contributed by atoms with Crippen LogP contribution in [0.5, 0.6) is 0 Å². The smallest absolute Gasteiger partial charge is 0.177 e. The van der Waals surface area contributed by atoms with Gasteiger partial charge in [0.05, 0.1) is 0 Å². The number of aliphatic hydroxyl groups excluding tert-OH is 1. The maximum Gasteiger partial charge on any atom is 0.177 e. The predicted octanol–water partition coefficient (Wildman–Crippen LogP) is 0.805. The highest BCUT2D eigenvalue weighted by Gasteiger charge is 2.14. The van der Waals surface area contributed by atoms with Crippen molar-refractivity contribution in [3.8, 4) is 0 Å². The van der Waals surface area contributed by atoms with E-state index in [0.717, 1.165) is 0 Å². The third kappa shape index (κ3) is 6.88. The minimum atomic E-state index is -1.07. The molecule has 0 bridgehead atoms. The van der Waals surface area contributed by atoms with Gasteiger partial charge in [0, 0.05) is 13.0 Å². The summed E-state index contributed by atoms with van der Waals surface area (Å²) in [6, 6.07) is 0. The lowest BCUT2D eigenvalue weighted by Crippen LogP contribution is -2.10. The van der Waals surface area contributed by atoms with Crippen molar-refractivity contribution >= 4 is 31.9 Å². The van der Waals surface area contributed by atoms with Crippen LogP contribution in [0.15, 0.2) is 0 Å². The number of aliphatic hydroxyl groups is 2. The van der Waals surface area contributed by atoms with Crippen molar-refractivity contribution in [1.82, 2.24) is 0 Å². The highest BCUT2D eigenvalue weighted by Crippen LogP contribution is 2.25. The Bertz CT molecular complexity index is 49.4. The summed E-state index contributed by atoms with van der Waals surface area (Å²) >= 11 is 5.70. The van der Waals surface area contributed by atoms with Crippen molar-refractivity contribution in [2.75, 3.05) is 6.61 Å². The number of hydrogen-bond acceptors (Lipinski definition) is 2. The van der Waals surface area contributed by atoms with Crippen LogP contribution in [-0.4, -0.2) is 20.2 Å². The van der Waals surface area contributed by atoms with E-state index in [4.69, 9.17) is 10.2 Å². The van der Waals surface area contributed by atoms with Gasteiger partial charge in [0.25, 0.3) is 0 Å². The van der Waals surface area contributed by atoms with Gasteiger partial charge in [-0.1, -0.05) is 0 Å². The zero-order chi connectivity index (χ0) is 5.91. The maximum atomic E-state index is 8.69. The van der Waals surface area contributed by atoms with Crippen molar-refractivity contribution in [3.63, 3.8) is 0 Å². The minimum absolute atomic E-state index is 0.0347. The molecule has 2 nitrogen and oxygen atoms in total. The number of rotatable bonds is 2. The third-order valence-corrected chi connectivity index (χ3v) is 1.21. The van der Waals surface area contributed by atoms with Crippen LogP contribution in [0.3, 0.4) is 0 Å². The summed E-state index contributed by atoms with van der Waals surface area (Å²) < 4.78 is -1.07. The van der Waals surface area contributed by atoms with Crippen molar-refractivity contribution in [3.05, 3.63) is 0 Å². The molecule has 0 fully saturated rings. The first-order valence-corrected chi connectivity index (χ1v) is 3.36. The van der Waals surface area contributed by atoms with Gasteiger partial charge in [-0.25, -0.2) is 0 Å². The summed E-state index contributed by atoms with van der Waals surface area (Å²) in [4.78, 5) is 0. The molecule has 7 heavy (non-hydrogen) atoms. The van der Waals surface area contributed by atoms with Gasteiger partial charge < -0.3 is 10.2 Å². The first kappa shape index (κ1) is 7.88. The fourth-order valence-corrected chi connectivity index (χ4v) is 0.489. The van der Waals surface area contributed by atoms with E-state index in [1.165, 1.54) is 0 Å². The summed E-state index contributed by atoms with van der Waals surface area (Å²) in [7, 11) is 0. The van der Waals surface area contributed by atoms with E-state index in [1.807, 2.05) is 0 Å². The first-order valence-electron chi connectivity index (χ1n) is 1.77. The molecule has 0 atom stereocenters. The Hall–Kier alpha value is 0.880. The zero-order valence-electron chi connectivity index (χ0n) is 3.56. The Balaban J connectivity index is 3.15. The lowest BCUT2D eigenvalue weighted by molar-refractivity contribution is 0.185. The van der Waals surface area contributed by atoms with E-state index in [9.17, 15) is 0 Å². The van der Waals surface area contributed by atoms with Gasteiger partial charge in [-0.05, 0) is 31.9 Å². The molecule has 0 aromatic rings. The van der Waals surface area contributed by atoms with Crippen LogP contribution < -0.4 is 0 Å². The monoisotopic (exact) mass is 232 g/mol. The molecule has 0 rings (SSSR count). The molecule has 0 aliphatic rings. The molecule has 4 heteroatoms. The quantitative estimate of drug-likeness (QED) is 0.693. The summed E-state index contributed by atoms with van der Waals surface area (Å²) in [5.41, 5.74) is 0. The van der Waals surface area contributed by atoms with Crippen LogP contribution in [0.25, 0.3) is 0 Å². The maximum absolute atomic E-state index is 8.69. The molecule has 0 saturated carbocycles. The topological polar surface area (TPSA) is 40.5 Å². The van der Waals surface area contributed by atoms with Crippen molar-refractivity contribution in [2.24, 2.45) is 0 Å². The molecule has 0 radical (unpaired) electrons. The standard InChI is InChI=1S/C3H6Br2O2/c4-3(5,7)1-2-6/h6-7H,1-2H2. The molecule has 0 spiro atoms. The normalized spacial score (nSPS) is 12.0. The molecule has 2 N–H and O–H groups in total. The van der Waals surface area contributed by atoms with Gasteiger partial charge in [-0.15, -0.1) is 0 Å². The molecule has 44 valence electrons. The molecule has 0 amide bonds. The Kier molecular flexibility index (Phi) is 3.40. The van der Waals surface area contributed by atoms with E-state index in [2.05, 4.69) is 31.9 Å². The Labute approximate surface area is 58.8 Å². The molecular weight excluding hydrogens is 228 g/mol. The van der Waals surface area contributed by atoms with Gasteiger partial charge in [-0.2, -0.15) is 0 Å². The van der Waals surface area contributed by atoms with Crippen LogP contribution in [0.1, 0.15) is 6.42 Å². The lowest BCUT2D eigenvalue weighted by Gasteiger charge is -2.08. The molecule has 0 aliphatic carbocycles. The summed E-state index contributed by atoms with van der Waals surface area (Å²) in [5.74, 6) is 0. The van der Waals surface area contributed by atoms with Gasteiger partial charge in [0.2, 0.25) is 0 Å². The number of alkyl halides is 2. The van der Waals surface area contributed by atoms with Crippen molar-refractivity contribution in [1.29, 1.82) is 0 Å². The summed E-state index contributed by atoms with van der Waals surface area (Å²) in [6.45, 7) is -0.0347. The fourth-order valence-electron chi connectivity index (χ4n) is 0.135. The van der Waals surface area contributed by atoms with E-state index < -0.39 is 3.42 Å². The SMILES string of the molecule is OCCC(O)(Br)Br. The second kappa shape index (κ2) is 3.02. The largest absolute Gasteiger partial charge is 0.396 e. The first-order chi connectivity index (χ1) is 3.06. The molecule has 0 aliphatic heterocycles. The lowest BCUT2D eigenvalue weighted by atomic mass is 10.5. The fraction of sp³-hybridized carbons (Fsp3) is 1.00. The van der Waals surface area contributed by atoms with E-state index in [1.54, 1.807) is 0 Å². The second-order valence-corrected chi connectivity index (χ2v) is 4.83. The number of hydrogen-bond donors (Lipinski definition) is 2. The highest BCUT2D eigenvalue weighted by atomic mass is 79.9. The molecule has 0 aromatic carbocycles. The van der Waals surface area contributed by atoms with Gasteiger partial charge in [0.1, 0.15) is 0 Å². The van der Waals surface area contributed by atoms with Crippen molar-refractivity contribution in [2.45, 2.75) is 9.84 Å². The van der Waals surface area contributed by atoms with Gasteiger partial charge in [-0.3, -0.25) is 0 Å². The van der Waals surface area contributed by atoms with E-state index in [-0.39, 0.29) is 13.0 Å². The third-order valence-electron chi connectivity index (χ3n) is 0.413. The summed E-state index contributed by atoms with van der Waals surface area (Å²) in [6.07, 6.45) is 0.285. The predicted molar refractivity (Wildman–Crippen MR) is 34.5 cm³/mol. The van der Waals surface area contributed by atoms with Crippen LogP contribution in [0.4, 0.5) is 0 Å². The summed E-state index contributed by atoms with van der Waals surface area (Å²) in [5, 5.41) is 16.9. The van der Waals surface area contributed by atoms with Gasteiger partial charge in [0.15, 0.2) is 3.42 Å². The van der Waals surface area contributed by atoms with Crippen LogP contribution >= 0.6 is 31.9 Å². The molecule has 0 heterocycles. The van der Waals surface area contributed by atoms with Gasteiger partial charge >= 0.3 is 0 Å². The Morgan fingerprint density at radius 1 is 1.43 bits per heavy atom. The molecule has 0 saturated heterocycles. The minimum Gasteiger partial charge on any atom is -0.396 e. The average Bonchev–Trinajstić information content (AvgIpc) is 1.30. The molecular formula is C3H6Br2O2. The molecule has 0 aromatic heterocycles. The van der Waals surface area contributed by atoms with E-state index in [0.29, 0.717) is 0 Å². The Morgan fingerprint density at radius 2 is 1.86 bits per heavy atom. The average molecular weight is 234 g/mol. The second-order valence-electron chi connectivity index (χ2n) is 1.14. The highest BCUT2D eigenvalue weighted by molar-refractivity contribution is 9.25. The van der Waals surface area contributed by atoms with Crippen molar-refractivity contribution < 1.29 is 10.2 Å². The Morgan fingerprint density at radius 3 is 1.86 bits per heavy atom. The molecule has 0 unspecified atom stereocenters. The van der Waals surface area contributed by atoms with Crippen LogP contribution in [-0.2, 0) is 0 Å².